The highest BCUT2D eigenvalue weighted by Crippen LogP contribution is 2.62. The summed E-state index contributed by atoms with van der Waals surface area (Å²) in [5, 5.41) is 10.9. The zero-order chi connectivity index (χ0) is 15.3. The molecular weight excluding hydrogens is 292 g/mol. The van der Waals surface area contributed by atoms with E-state index in [1.54, 1.807) is 6.92 Å². The highest BCUT2D eigenvalue weighted by Gasteiger charge is 2.78. The van der Waals surface area contributed by atoms with E-state index in [0.717, 1.165) is 19.3 Å². The van der Waals surface area contributed by atoms with Crippen LogP contribution in [0.15, 0.2) is 12.2 Å². The van der Waals surface area contributed by atoms with Crippen molar-refractivity contribution >= 4 is 23.4 Å². The molecule has 1 saturated heterocycles. The van der Waals surface area contributed by atoms with Gasteiger partial charge in [-0.05, 0) is 32.6 Å². The van der Waals surface area contributed by atoms with E-state index >= 15 is 0 Å². The molecule has 5 atom stereocenters. The second-order valence-electron chi connectivity index (χ2n) is 6.61. The van der Waals surface area contributed by atoms with Gasteiger partial charge in [0.2, 0.25) is 0 Å². The van der Waals surface area contributed by atoms with Gasteiger partial charge in [-0.25, -0.2) is 0 Å². The van der Waals surface area contributed by atoms with Crippen molar-refractivity contribution in [3.63, 3.8) is 0 Å². The maximum atomic E-state index is 12.3. The number of ketones is 1. The van der Waals surface area contributed by atoms with E-state index in [1.807, 2.05) is 12.2 Å². The number of hydrogen-bond acceptors (Lipinski definition) is 4. The van der Waals surface area contributed by atoms with Gasteiger partial charge in [-0.1, -0.05) is 12.2 Å². The topological polar surface area (TPSA) is 63.6 Å². The fraction of sp³-hybridized carbons (Fsp3) is 0.750. The summed E-state index contributed by atoms with van der Waals surface area (Å²) in [6, 6.07) is 0. The van der Waals surface area contributed by atoms with Crippen LogP contribution in [-0.4, -0.2) is 34.4 Å². The molecule has 0 aromatic carbocycles. The van der Waals surface area contributed by atoms with Crippen molar-refractivity contribution in [2.45, 2.75) is 50.7 Å². The summed E-state index contributed by atoms with van der Waals surface area (Å²) in [4.78, 5) is 24.6. The number of carbonyl (C=O) groups is 2. The van der Waals surface area contributed by atoms with E-state index in [9.17, 15) is 14.7 Å². The molecule has 3 aliphatic rings. The predicted molar refractivity (Wildman–Crippen MR) is 77.9 cm³/mol. The second-order valence-corrected chi connectivity index (χ2v) is 6.99. The van der Waals surface area contributed by atoms with E-state index in [-0.39, 0.29) is 18.1 Å². The summed E-state index contributed by atoms with van der Waals surface area (Å²) in [6.45, 7) is 1.78. The lowest BCUT2D eigenvalue weighted by Gasteiger charge is -2.55. The highest BCUT2D eigenvalue weighted by atomic mass is 35.5. The maximum absolute atomic E-state index is 12.3. The monoisotopic (exact) mass is 312 g/mol. The molecule has 0 amide bonds. The van der Waals surface area contributed by atoms with Gasteiger partial charge in [0.25, 0.3) is 0 Å². The molecule has 21 heavy (non-hydrogen) atoms. The lowest BCUT2D eigenvalue weighted by atomic mass is 9.60. The Hall–Kier alpha value is -0.870. The number of Topliss-reactive ketones (excluding diaryl/α,β-unsaturated/α-hetero) is 1. The van der Waals surface area contributed by atoms with Crippen LogP contribution in [0.3, 0.4) is 0 Å². The average Bonchev–Trinajstić information content (AvgIpc) is 2.65. The third kappa shape index (κ3) is 1.85. The van der Waals surface area contributed by atoms with Crippen LogP contribution in [-0.2, 0) is 14.3 Å². The number of alkyl halides is 1. The van der Waals surface area contributed by atoms with Crippen molar-refractivity contribution in [1.82, 2.24) is 0 Å². The van der Waals surface area contributed by atoms with Crippen LogP contribution in [0.25, 0.3) is 0 Å². The fourth-order valence-electron chi connectivity index (χ4n) is 4.40. The Morgan fingerprint density at radius 2 is 2.29 bits per heavy atom. The quantitative estimate of drug-likeness (QED) is 0.491. The number of rotatable bonds is 4. The Morgan fingerprint density at radius 1 is 1.52 bits per heavy atom. The summed E-state index contributed by atoms with van der Waals surface area (Å²) in [7, 11) is 0. The molecule has 2 fully saturated rings. The van der Waals surface area contributed by atoms with Gasteiger partial charge in [0.15, 0.2) is 0 Å². The van der Waals surface area contributed by atoms with Gasteiger partial charge in [0.05, 0.1) is 12.0 Å². The van der Waals surface area contributed by atoms with Crippen molar-refractivity contribution < 1.29 is 19.4 Å². The van der Waals surface area contributed by atoms with Crippen LogP contribution in [0.4, 0.5) is 0 Å². The van der Waals surface area contributed by atoms with Crippen LogP contribution in [0.1, 0.15) is 39.0 Å². The summed E-state index contributed by atoms with van der Waals surface area (Å²) in [6.07, 6.45) is 6.58. The SMILES string of the molecule is CC12OC(=O)C1(C(O)C1C=CCCC1)CC(=O)C2CCCl. The fourth-order valence-corrected chi connectivity index (χ4v) is 4.62. The molecule has 2 aliphatic carbocycles. The molecule has 3 rings (SSSR count). The van der Waals surface area contributed by atoms with Crippen molar-refractivity contribution in [2.75, 3.05) is 5.88 Å². The first-order chi connectivity index (χ1) is 9.97. The third-order valence-electron chi connectivity index (χ3n) is 5.66. The Kier molecular flexibility index (Phi) is 3.65. The zero-order valence-electron chi connectivity index (χ0n) is 12.2. The first kappa shape index (κ1) is 15.0. The van der Waals surface area contributed by atoms with Crippen LogP contribution < -0.4 is 0 Å². The predicted octanol–water partition coefficient (Wildman–Crippen LogP) is 2.22. The molecule has 0 spiro atoms. The first-order valence-electron chi connectivity index (χ1n) is 7.64. The van der Waals surface area contributed by atoms with Crippen LogP contribution >= 0.6 is 11.6 Å². The number of allylic oxidation sites excluding steroid dienone is 1. The number of aliphatic hydroxyl groups is 1. The number of fused-ring (bicyclic) bond motifs is 1. The number of aliphatic hydroxyl groups excluding tert-OH is 1. The second kappa shape index (κ2) is 5.10. The lowest BCUT2D eigenvalue weighted by molar-refractivity contribution is -0.262. The summed E-state index contributed by atoms with van der Waals surface area (Å²) < 4.78 is 5.40. The van der Waals surface area contributed by atoms with E-state index in [2.05, 4.69) is 0 Å². The molecule has 5 heteroatoms. The number of esters is 1. The zero-order valence-corrected chi connectivity index (χ0v) is 12.9. The molecule has 116 valence electrons. The van der Waals surface area contributed by atoms with Gasteiger partial charge >= 0.3 is 5.97 Å². The van der Waals surface area contributed by atoms with Crippen LogP contribution in [0.2, 0.25) is 0 Å². The average molecular weight is 313 g/mol. The molecule has 0 aromatic heterocycles. The summed E-state index contributed by atoms with van der Waals surface area (Å²) >= 11 is 5.79. The highest BCUT2D eigenvalue weighted by molar-refractivity contribution is 6.18. The molecule has 1 saturated carbocycles. The minimum atomic E-state index is -1.08. The first-order valence-corrected chi connectivity index (χ1v) is 8.17. The summed E-state index contributed by atoms with van der Waals surface area (Å²) in [5.74, 6) is -0.563. The van der Waals surface area contributed by atoms with Gasteiger partial charge in [0, 0.05) is 18.2 Å². The van der Waals surface area contributed by atoms with E-state index in [1.165, 1.54) is 0 Å². The Bertz CT molecular complexity index is 503. The van der Waals surface area contributed by atoms with Gasteiger partial charge in [-0.3, -0.25) is 9.59 Å². The largest absolute Gasteiger partial charge is 0.457 e. The van der Waals surface area contributed by atoms with Crippen molar-refractivity contribution in [1.29, 1.82) is 0 Å². The molecule has 1 heterocycles. The molecule has 5 unspecified atom stereocenters. The van der Waals surface area contributed by atoms with Crippen molar-refractivity contribution in [2.24, 2.45) is 17.3 Å². The van der Waals surface area contributed by atoms with Crippen molar-refractivity contribution in [3.05, 3.63) is 12.2 Å². The van der Waals surface area contributed by atoms with Crippen LogP contribution in [0.5, 0.6) is 0 Å². The van der Waals surface area contributed by atoms with Gasteiger partial charge in [-0.15, -0.1) is 11.6 Å². The molecule has 1 N–H and O–H groups in total. The van der Waals surface area contributed by atoms with Gasteiger partial charge in [-0.2, -0.15) is 0 Å². The Labute approximate surface area is 129 Å². The molecule has 0 aromatic rings. The van der Waals surface area contributed by atoms with Gasteiger partial charge < -0.3 is 9.84 Å². The van der Waals surface area contributed by atoms with Crippen molar-refractivity contribution in [3.8, 4) is 0 Å². The molecule has 1 aliphatic heterocycles. The number of carbonyl (C=O) groups excluding carboxylic acids is 2. The van der Waals surface area contributed by atoms with E-state index in [4.69, 9.17) is 16.3 Å². The lowest BCUT2D eigenvalue weighted by Crippen LogP contribution is -2.70. The maximum Gasteiger partial charge on any atom is 0.319 e. The summed E-state index contributed by atoms with van der Waals surface area (Å²) in [5.41, 5.74) is -1.98. The van der Waals surface area contributed by atoms with E-state index < -0.39 is 29.0 Å². The van der Waals surface area contributed by atoms with Crippen LogP contribution in [0, 0.1) is 17.3 Å². The minimum Gasteiger partial charge on any atom is -0.457 e. The standard InChI is InChI=1S/C16H21ClO4/c1-15-11(7-8-17)12(18)9-16(15,14(20)21-15)13(19)10-5-3-2-4-6-10/h3,5,10-11,13,19H,2,4,6-9H2,1H3. The van der Waals surface area contributed by atoms with Gasteiger partial charge in [0.1, 0.15) is 16.8 Å². The number of halogens is 1. The Balaban J connectivity index is 1.94. The molecule has 0 radical (unpaired) electrons. The third-order valence-corrected chi connectivity index (χ3v) is 5.88. The smallest absolute Gasteiger partial charge is 0.319 e. The number of hydrogen-bond donors (Lipinski definition) is 1. The Morgan fingerprint density at radius 3 is 2.86 bits per heavy atom. The molecule has 0 bridgehead atoms. The van der Waals surface area contributed by atoms with E-state index in [0.29, 0.717) is 12.3 Å². The normalized spacial score (nSPS) is 43.2. The number of ether oxygens (including phenoxy) is 1. The molecular formula is C16H21ClO4. The minimum absolute atomic E-state index is 0.0113. The molecule has 4 nitrogen and oxygen atoms in total.